The molecule has 4 heterocycles. The van der Waals surface area contributed by atoms with Crippen molar-refractivity contribution in [1.82, 2.24) is 24.1 Å². The summed E-state index contributed by atoms with van der Waals surface area (Å²) in [6, 6.07) is 10.7. The molecule has 8 nitrogen and oxygen atoms in total. The average molecular weight is 775 g/mol. The van der Waals surface area contributed by atoms with Crippen molar-refractivity contribution >= 4 is 71.7 Å². The molecular formula is C26H20Br2F2IN5O3. The van der Waals surface area contributed by atoms with E-state index >= 15 is 0 Å². The summed E-state index contributed by atoms with van der Waals surface area (Å²) >= 11 is 9.02. The summed E-state index contributed by atoms with van der Waals surface area (Å²) in [6.07, 6.45) is 9.00. The Morgan fingerprint density at radius 3 is 2.28 bits per heavy atom. The molecule has 1 saturated carbocycles. The van der Waals surface area contributed by atoms with Gasteiger partial charge in [0.2, 0.25) is 0 Å². The minimum absolute atomic E-state index is 0.0463. The quantitative estimate of drug-likeness (QED) is 0.189. The van der Waals surface area contributed by atoms with Crippen LogP contribution < -0.4 is 14.8 Å². The molecule has 1 aliphatic rings. The number of fused-ring (bicyclic) bond motifs is 2. The number of benzene rings is 1. The van der Waals surface area contributed by atoms with Crippen molar-refractivity contribution < 1.29 is 23.0 Å². The fraction of sp³-hybridized carbons (Fsp3) is 0.192. The summed E-state index contributed by atoms with van der Waals surface area (Å²) in [7, 11) is 1.38. The summed E-state index contributed by atoms with van der Waals surface area (Å²) in [4.78, 5) is 21.1. The molecule has 0 saturated heterocycles. The first-order valence-corrected chi connectivity index (χ1v) is 14.3. The zero-order valence-corrected chi connectivity index (χ0v) is 25.6. The van der Waals surface area contributed by atoms with E-state index in [-0.39, 0.29) is 23.1 Å². The number of nitrogens with zero attached hydrogens (tertiary/aromatic N) is 4. The van der Waals surface area contributed by atoms with Gasteiger partial charge in [-0.2, -0.15) is 8.78 Å². The maximum atomic E-state index is 13.0. The number of carbonyl (C=O) groups is 1. The summed E-state index contributed by atoms with van der Waals surface area (Å²) in [5, 5.41) is 2.78. The van der Waals surface area contributed by atoms with Gasteiger partial charge in [-0.25, -0.2) is 9.97 Å². The SMILES string of the molecule is Brc1ccn2c(I)cnc2c1.COc1cc(-c2cnc3cc(Br)ccn23)cc(OC(F)F)c1C(=O)NC1CC1. The Hall–Kier alpha value is -2.78. The van der Waals surface area contributed by atoms with Gasteiger partial charge < -0.3 is 14.8 Å². The molecule has 39 heavy (non-hydrogen) atoms. The van der Waals surface area contributed by atoms with Gasteiger partial charge in [0, 0.05) is 32.9 Å². The van der Waals surface area contributed by atoms with Crippen molar-refractivity contribution in [3.63, 3.8) is 0 Å². The van der Waals surface area contributed by atoms with E-state index in [1.807, 2.05) is 41.1 Å². The number of ether oxygens (including phenoxy) is 2. The lowest BCUT2D eigenvalue weighted by Gasteiger charge is -2.16. The summed E-state index contributed by atoms with van der Waals surface area (Å²) < 4.78 is 43.0. The van der Waals surface area contributed by atoms with Gasteiger partial charge in [-0.15, -0.1) is 0 Å². The largest absolute Gasteiger partial charge is 0.496 e. The van der Waals surface area contributed by atoms with E-state index in [1.54, 1.807) is 22.9 Å². The number of pyridine rings is 2. The minimum atomic E-state index is -3.08. The number of halogens is 5. The van der Waals surface area contributed by atoms with Crippen LogP contribution in [-0.2, 0) is 0 Å². The van der Waals surface area contributed by atoms with Crippen molar-refractivity contribution in [3.8, 4) is 22.8 Å². The highest BCUT2D eigenvalue weighted by atomic mass is 127. The topological polar surface area (TPSA) is 82.2 Å². The molecule has 4 aromatic heterocycles. The molecule has 0 unspecified atom stereocenters. The Labute approximate surface area is 252 Å². The first kappa shape index (κ1) is 27.8. The minimum Gasteiger partial charge on any atom is -0.496 e. The Morgan fingerprint density at radius 1 is 1.03 bits per heavy atom. The van der Waals surface area contributed by atoms with Crippen LogP contribution in [0.2, 0.25) is 0 Å². The molecule has 1 amide bonds. The van der Waals surface area contributed by atoms with Crippen LogP contribution in [0.4, 0.5) is 8.78 Å². The second kappa shape index (κ2) is 11.8. The number of rotatable bonds is 6. The highest BCUT2D eigenvalue weighted by Crippen LogP contribution is 2.37. The fourth-order valence-electron chi connectivity index (χ4n) is 3.89. The highest BCUT2D eigenvalue weighted by molar-refractivity contribution is 14.1. The lowest BCUT2D eigenvalue weighted by atomic mass is 10.1. The van der Waals surface area contributed by atoms with Gasteiger partial charge in [0.1, 0.15) is 32.1 Å². The maximum absolute atomic E-state index is 13.0. The number of amides is 1. The van der Waals surface area contributed by atoms with Gasteiger partial charge in [-0.3, -0.25) is 13.6 Å². The van der Waals surface area contributed by atoms with Gasteiger partial charge in [0.15, 0.2) is 0 Å². The molecule has 1 fully saturated rings. The lowest BCUT2D eigenvalue weighted by Crippen LogP contribution is -2.26. The molecule has 0 atom stereocenters. The van der Waals surface area contributed by atoms with E-state index in [0.29, 0.717) is 16.9 Å². The number of methoxy groups -OCH3 is 1. The smallest absolute Gasteiger partial charge is 0.387 e. The number of hydrogen-bond donors (Lipinski definition) is 1. The molecule has 0 bridgehead atoms. The van der Waals surface area contributed by atoms with E-state index in [4.69, 9.17) is 4.74 Å². The third-order valence-electron chi connectivity index (χ3n) is 5.84. The molecule has 5 aromatic rings. The lowest BCUT2D eigenvalue weighted by molar-refractivity contribution is -0.0502. The third-order valence-corrected chi connectivity index (χ3v) is 7.63. The number of imidazole rings is 2. The molecule has 13 heteroatoms. The van der Waals surface area contributed by atoms with E-state index in [9.17, 15) is 13.6 Å². The molecule has 0 aliphatic heterocycles. The van der Waals surface area contributed by atoms with Crippen LogP contribution in [0.3, 0.4) is 0 Å². The molecule has 1 N–H and O–H groups in total. The normalized spacial score (nSPS) is 12.9. The monoisotopic (exact) mass is 773 g/mol. The van der Waals surface area contributed by atoms with Crippen molar-refractivity contribution in [2.45, 2.75) is 25.5 Å². The number of hydrogen-bond acceptors (Lipinski definition) is 5. The van der Waals surface area contributed by atoms with Crippen molar-refractivity contribution in [1.29, 1.82) is 0 Å². The van der Waals surface area contributed by atoms with Gasteiger partial charge in [-0.05, 0) is 71.8 Å². The Kier molecular flexibility index (Phi) is 8.38. The molecule has 202 valence electrons. The van der Waals surface area contributed by atoms with Crippen LogP contribution in [0.1, 0.15) is 23.2 Å². The number of aromatic nitrogens is 4. The summed E-state index contributed by atoms with van der Waals surface area (Å²) in [5.74, 6) is -0.587. The number of nitrogens with one attached hydrogen (secondary N) is 1. The predicted octanol–water partition coefficient (Wildman–Crippen LogP) is 6.97. The van der Waals surface area contributed by atoms with Crippen LogP contribution in [-0.4, -0.2) is 44.4 Å². The third kappa shape index (κ3) is 6.35. The van der Waals surface area contributed by atoms with Crippen molar-refractivity contribution in [3.05, 3.63) is 79.4 Å². The Balaban J connectivity index is 0.000000233. The van der Waals surface area contributed by atoms with E-state index in [0.717, 1.165) is 31.1 Å². The van der Waals surface area contributed by atoms with Gasteiger partial charge in [0.25, 0.3) is 5.91 Å². The first-order chi connectivity index (χ1) is 18.7. The Bertz CT molecular complexity index is 1670. The first-order valence-electron chi connectivity index (χ1n) is 11.6. The van der Waals surface area contributed by atoms with Crippen LogP contribution in [0.5, 0.6) is 11.5 Å². The molecule has 6 rings (SSSR count). The zero-order valence-electron chi connectivity index (χ0n) is 20.2. The molecule has 1 aliphatic carbocycles. The molecule has 0 radical (unpaired) electrons. The number of carbonyl (C=O) groups excluding carboxylic acids is 1. The van der Waals surface area contributed by atoms with Crippen LogP contribution in [0.15, 0.2) is 70.1 Å². The Morgan fingerprint density at radius 2 is 1.64 bits per heavy atom. The molecule has 0 spiro atoms. The summed E-state index contributed by atoms with van der Waals surface area (Å²) in [6.45, 7) is -3.08. The molecular weight excluding hydrogens is 755 g/mol. The highest BCUT2D eigenvalue weighted by Gasteiger charge is 2.29. The number of alkyl halides is 2. The van der Waals surface area contributed by atoms with Gasteiger partial charge in [-0.1, -0.05) is 31.9 Å². The maximum Gasteiger partial charge on any atom is 0.387 e. The van der Waals surface area contributed by atoms with E-state index in [1.165, 1.54) is 13.2 Å². The molecule has 1 aromatic carbocycles. The van der Waals surface area contributed by atoms with Crippen molar-refractivity contribution in [2.24, 2.45) is 0 Å². The zero-order chi connectivity index (χ0) is 27.7. The predicted molar refractivity (Wildman–Crippen MR) is 158 cm³/mol. The standard InChI is InChI=1S/C19H16BrF2N3O3.C7H4BrIN2/c1-27-14-6-10(13-9-23-16-8-11(20)4-5-25(13)16)7-15(28-19(21)22)17(14)18(26)24-12-2-3-12;8-5-1-2-11-6(9)4-10-7(11)3-5/h4-9,12,19H,2-3H2,1H3,(H,24,26);1-4H. The van der Waals surface area contributed by atoms with Crippen LogP contribution in [0.25, 0.3) is 22.6 Å². The van der Waals surface area contributed by atoms with E-state index in [2.05, 4.69) is 74.5 Å². The second-order valence-electron chi connectivity index (χ2n) is 8.55. The van der Waals surface area contributed by atoms with Gasteiger partial charge in [0.05, 0.1) is 25.2 Å². The second-order valence-corrected chi connectivity index (χ2v) is 11.5. The van der Waals surface area contributed by atoms with Gasteiger partial charge >= 0.3 is 6.61 Å². The van der Waals surface area contributed by atoms with Crippen LogP contribution in [0, 0.1) is 3.70 Å². The van der Waals surface area contributed by atoms with Crippen LogP contribution >= 0.6 is 54.5 Å². The summed E-state index contributed by atoms with van der Waals surface area (Å²) in [5.41, 5.74) is 2.79. The van der Waals surface area contributed by atoms with Crippen molar-refractivity contribution in [2.75, 3.05) is 7.11 Å². The average Bonchev–Trinajstić information content (AvgIpc) is 3.50. The van der Waals surface area contributed by atoms with E-state index < -0.39 is 12.5 Å². The fourth-order valence-corrected chi connectivity index (χ4v) is 5.08.